The van der Waals surface area contributed by atoms with Crippen molar-refractivity contribution in [3.05, 3.63) is 101 Å². The summed E-state index contributed by atoms with van der Waals surface area (Å²) in [5.74, 6) is -1.10. The number of rotatable bonds is 6. The lowest BCUT2D eigenvalue weighted by atomic mass is 9.81. The standard InChI is InChI=1S/C24H24O3/c1-16-11-13-18(14-12-16)17(2)15-22(19-7-4-3-5-8-19)20-9-6-10-21(23(20)25)24(26)27/h3-14,17,22,25H,15H2,1-2H3,(H,26,27). The Bertz CT molecular complexity index is 914. The summed E-state index contributed by atoms with van der Waals surface area (Å²) in [4.78, 5) is 11.4. The lowest BCUT2D eigenvalue weighted by Gasteiger charge is -2.24. The molecule has 3 aromatic carbocycles. The lowest BCUT2D eigenvalue weighted by Crippen LogP contribution is -2.08. The summed E-state index contributed by atoms with van der Waals surface area (Å²) in [5, 5.41) is 20.0. The number of carboxylic acids is 1. The lowest BCUT2D eigenvalue weighted by molar-refractivity contribution is 0.0693. The molecule has 0 spiro atoms. The van der Waals surface area contributed by atoms with Crippen molar-refractivity contribution < 1.29 is 15.0 Å². The maximum absolute atomic E-state index is 11.4. The van der Waals surface area contributed by atoms with Gasteiger partial charge in [-0.25, -0.2) is 4.79 Å². The van der Waals surface area contributed by atoms with Crippen molar-refractivity contribution in [2.75, 3.05) is 0 Å². The van der Waals surface area contributed by atoms with Crippen molar-refractivity contribution in [2.45, 2.75) is 32.1 Å². The van der Waals surface area contributed by atoms with Crippen molar-refractivity contribution >= 4 is 5.97 Å². The van der Waals surface area contributed by atoms with E-state index in [9.17, 15) is 15.0 Å². The molecule has 27 heavy (non-hydrogen) atoms. The number of aromatic hydroxyl groups is 1. The number of phenols is 1. The Morgan fingerprint density at radius 1 is 0.889 bits per heavy atom. The van der Waals surface area contributed by atoms with Crippen LogP contribution in [0.5, 0.6) is 5.75 Å². The minimum absolute atomic E-state index is 0.0589. The first kappa shape index (κ1) is 18.7. The van der Waals surface area contributed by atoms with Gasteiger partial charge in [-0.05, 0) is 36.5 Å². The highest BCUT2D eigenvalue weighted by Gasteiger charge is 2.24. The zero-order chi connectivity index (χ0) is 19.4. The molecule has 0 amide bonds. The van der Waals surface area contributed by atoms with Crippen molar-refractivity contribution in [1.82, 2.24) is 0 Å². The molecule has 3 nitrogen and oxygen atoms in total. The van der Waals surface area contributed by atoms with Crippen LogP contribution in [-0.4, -0.2) is 16.2 Å². The van der Waals surface area contributed by atoms with E-state index in [-0.39, 0.29) is 23.1 Å². The van der Waals surface area contributed by atoms with E-state index in [2.05, 4.69) is 38.1 Å². The molecule has 0 radical (unpaired) electrons. The number of carboxylic acid groups (broad SMARTS) is 1. The van der Waals surface area contributed by atoms with Crippen LogP contribution >= 0.6 is 0 Å². The first-order valence-electron chi connectivity index (χ1n) is 9.14. The highest BCUT2D eigenvalue weighted by molar-refractivity contribution is 5.91. The third-order valence-electron chi connectivity index (χ3n) is 5.11. The Morgan fingerprint density at radius 2 is 1.56 bits per heavy atom. The van der Waals surface area contributed by atoms with Gasteiger partial charge in [0.05, 0.1) is 0 Å². The predicted molar refractivity (Wildman–Crippen MR) is 108 cm³/mol. The Hall–Kier alpha value is -3.07. The number of hydrogen-bond donors (Lipinski definition) is 2. The highest BCUT2D eigenvalue weighted by atomic mass is 16.4. The van der Waals surface area contributed by atoms with E-state index in [1.807, 2.05) is 36.4 Å². The van der Waals surface area contributed by atoms with Crippen LogP contribution in [0, 0.1) is 6.92 Å². The summed E-state index contributed by atoms with van der Waals surface area (Å²) in [5.41, 5.74) is 4.11. The van der Waals surface area contributed by atoms with Crippen LogP contribution in [0.2, 0.25) is 0 Å². The van der Waals surface area contributed by atoms with Gasteiger partial charge in [0.2, 0.25) is 0 Å². The Balaban J connectivity index is 2.01. The molecule has 0 aliphatic carbocycles. The van der Waals surface area contributed by atoms with Gasteiger partial charge in [0.25, 0.3) is 0 Å². The maximum atomic E-state index is 11.4. The molecule has 3 aromatic rings. The average Bonchev–Trinajstić information content (AvgIpc) is 2.67. The number of aromatic carboxylic acids is 1. The first-order chi connectivity index (χ1) is 13.0. The molecule has 0 bridgehead atoms. The summed E-state index contributed by atoms with van der Waals surface area (Å²) in [6, 6.07) is 23.4. The SMILES string of the molecule is Cc1ccc(C(C)CC(c2ccccc2)c2cccc(C(=O)O)c2O)cc1. The number of benzene rings is 3. The van der Waals surface area contributed by atoms with Crippen LogP contribution in [0.15, 0.2) is 72.8 Å². The minimum atomic E-state index is -1.12. The zero-order valence-electron chi connectivity index (χ0n) is 15.6. The van der Waals surface area contributed by atoms with E-state index < -0.39 is 5.97 Å². The highest BCUT2D eigenvalue weighted by Crippen LogP contribution is 2.39. The van der Waals surface area contributed by atoms with Gasteiger partial charge in [-0.15, -0.1) is 0 Å². The summed E-state index contributed by atoms with van der Waals surface area (Å²) < 4.78 is 0. The quantitative estimate of drug-likeness (QED) is 0.591. The molecule has 0 aromatic heterocycles. The van der Waals surface area contributed by atoms with Crippen LogP contribution in [0.4, 0.5) is 0 Å². The smallest absolute Gasteiger partial charge is 0.339 e. The molecule has 0 aliphatic heterocycles. The fraction of sp³-hybridized carbons (Fsp3) is 0.208. The molecule has 0 aliphatic rings. The van der Waals surface area contributed by atoms with E-state index in [0.29, 0.717) is 5.56 Å². The fourth-order valence-corrected chi connectivity index (χ4v) is 3.53. The fourth-order valence-electron chi connectivity index (χ4n) is 3.53. The molecule has 2 N–H and O–H groups in total. The molecular formula is C24H24O3. The van der Waals surface area contributed by atoms with Crippen molar-refractivity contribution in [1.29, 1.82) is 0 Å². The van der Waals surface area contributed by atoms with Crippen LogP contribution in [0.3, 0.4) is 0 Å². The van der Waals surface area contributed by atoms with Crippen molar-refractivity contribution in [3.63, 3.8) is 0 Å². The van der Waals surface area contributed by atoms with Gasteiger partial charge in [-0.1, -0.05) is 79.2 Å². The Kier molecular flexibility index (Phi) is 5.60. The first-order valence-corrected chi connectivity index (χ1v) is 9.14. The van der Waals surface area contributed by atoms with Gasteiger partial charge in [0.1, 0.15) is 11.3 Å². The normalized spacial score (nSPS) is 13.1. The van der Waals surface area contributed by atoms with Crippen molar-refractivity contribution in [2.24, 2.45) is 0 Å². The maximum Gasteiger partial charge on any atom is 0.339 e. The Morgan fingerprint density at radius 3 is 2.19 bits per heavy atom. The molecule has 2 unspecified atom stereocenters. The second-order valence-electron chi connectivity index (χ2n) is 7.06. The van der Waals surface area contributed by atoms with Gasteiger partial charge in [-0.2, -0.15) is 0 Å². The van der Waals surface area contributed by atoms with Gasteiger partial charge in [0, 0.05) is 11.5 Å². The summed E-state index contributed by atoms with van der Waals surface area (Å²) in [6.45, 7) is 4.23. The van der Waals surface area contributed by atoms with E-state index in [0.717, 1.165) is 12.0 Å². The van der Waals surface area contributed by atoms with E-state index in [4.69, 9.17) is 0 Å². The topological polar surface area (TPSA) is 57.5 Å². The van der Waals surface area contributed by atoms with Crippen LogP contribution in [-0.2, 0) is 0 Å². The minimum Gasteiger partial charge on any atom is -0.507 e. The predicted octanol–water partition coefficient (Wildman–Crippen LogP) is 5.72. The molecule has 0 fully saturated rings. The van der Waals surface area contributed by atoms with Crippen LogP contribution in [0.1, 0.15) is 57.8 Å². The molecule has 0 heterocycles. The third-order valence-corrected chi connectivity index (χ3v) is 5.11. The molecule has 2 atom stereocenters. The largest absolute Gasteiger partial charge is 0.507 e. The average molecular weight is 360 g/mol. The van der Waals surface area contributed by atoms with E-state index >= 15 is 0 Å². The van der Waals surface area contributed by atoms with Crippen LogP contribution in [0.25, 0.3) is 0 Å². The third kappa shape index (κ3) is 4.20. The second kappa shape index (κ2) is 8.09. The molecule has 138 valence electrons. The van der Waals surface area contributed by atoms with Gasteiger partial charge in [-0.3, -0.25) is 0 Å². The molecule has 3 heteroatoms. The number of carbonyl (C=O) groups is 1. The molecule has 0 saturated heterocycles. The summed E-state index contributed by atoms with van der Waals surface area (Å²) in [7, 11) is 0. The Labute approximate surface area is 159 Å². The number of hydrogen-bond acceptors (Lipinski definition) is 2. The number of aryl methyl sites for hydroxylation is 1. The zero-order valence-corrected chi connectivity index (χ0v) is 15.6. The number of para-hydroxylation sites is 1. The molecular weight excluding hydrogens is 336 g/mol. The van der Waals surface area contributed by atoms with Gasteiger partial charge in [0.15, 0.2) is 0 Å². The van der Waals surface area contributed by atoms with E-state index in [1.54, 1.807) is 6.07 Å². The van der Waals surface area contributed by atoms with Gasteiger partial charge >= 0.3 is 5.97 Å². The monoisotopic (exact) mass is 360 g/mol. The second-order valence-corrected chi connectivity index (χ2v) is 7.06. The molecule has 3 rings (SSSR count). The summed E-state index contributed by atoms with van der Waals surface area (Å²) >= 11 is 0. The van der Waals surface area contributed by atoms with Crippen molar-refractivity contribution in [3.8, 4) is 5.75 Å². The summed E-state index contributed by atoms with van der Waals surface area (Å²) in [6.07, 6.45) is 0.768. The van der Waals surface area contributed by atoms with Crippen LogP contribution < -0.4 is 0 Å². The van der Waals surface area contributed by atoms with Gasteiger partial charge < -0.3 is 10.2 Å². The van der Waals surface area contributed by atoms with E-state index in [1.165, 1.54) is 17.2 Å². The molecule has 0 saturated carbocycles.